The fourth-order valence-corrected chi connectivity index (χ4v) is 1.80. The summed E-state index contributed by atoms with van der Waals surface area (Å²) in [5.41, 5.74) is 1.27. The minimum atomic E-state index is 0. The molecular weight excluding hydrogens is 194 g/mol. The molecule has 1 aliphatic carbocycles. The first-order chi connectivity index (χ1) is 6.40. The number of rotatable bonds is 4. The minimum Gasteiger partial charge on any atom is -0.382 e. The maximum atomic E-state index is 3.59. The van der Waals surface area contributed by atoms with E-state index in [1.807, 2.05) is 0 Å². The molecule has 0 bridgehead atoms. The van der Waals surface area contributed by atoms with E-state index in [0.717, 1.165) is 5.92 Å². The molecule has 1 aliphatic rings. The van der Waals surface area contributed by atoms with Gasteiger partial charge in [0.15, 0.2) is 0 Å². The standard InChI is InChI=1S/C12H17N.ClH/c1-2-12(10-8-9-10)13-11-6-4-3-5-7-11;/h3-7,10,12-13H,2,8-9H2,1H3;1H. The summed E-state index contributed by atoms with van der Waals surface area (Å²) in [5.74, 6) is 0.935. The Morgan fingerprint density at radius 1 is 1.29 bits per heavy atom. The zero-order valence-electron chi connectivity index (χ0n) is 8.57. The first kappa shape index (κ1) is 11.4. The second-order valence-corrected chi connectivity index (χ2v) is 3.86. The highest BCUT2D eigenvalue weighted by Gasteiger charge is 2.29. The summed E-state index contributed by atoms with van der Waals surface area (Å²) in [6.07, 6.45) is 4.07. The van der Waals surface area contributed by atoms with E-state index in [-0.39, 0.29) is 12.4 Å². The SMILES string of the molecule is CCC(Nc1ccccc1)C1CC1.Cl. The lowest BCUT2D eigenvalue weighted by Gasteiger charge is -2.17. The molecule has 1 atom stereocenters. The third-order valence-corrected chi connectivity index (χ3v) is 2.76. The molecule has 2 rings (SSSR count). The second kappa shape index (κ2) is 5.26. The highest BCUT2D eigenvalue weighted by atomic mass is 35.5. The van der Waals surface area contributed by atoms with Crippen molar-refractivity contribution in [3.8, 4) is 0 Å². The van der Waals surface area contributed by atoms with E-state index in [9.17, 15) is 0 Å². The lowest BCUT2D eigenvalue weighted by atomic mass is 10.1. The summed E-state index contributed by atoms with van der Waals surface area (Å²) in [7, 11) is 0. The van der Waals surface area contributed by atoms with Crippen LogP contribution in [-0.2, 0) is 0 Å². The summed E-state index contributed by atoms with van der Waals surface area (Å²) in [6.45, 7) is 2.26. The van der Waals surface area contributed by atoms with Crippen molar-refractivity contribution >= 4 is 18.1 Å². The van der Waals surface area contributed by atoms with Gasteiger partial charge in [-0.15, -0.1) is 12.4 Å². The van der Waals surface area contributed by atoms with Gasteiger partial charge in [-0.05, 0) is 37.3 Å². The Labute approximate surface area is 92.3 Å². The van der Waals surface area contributed by atoms with E-state index in [4.69, 9.17) is 0 Å². The Morgan fingerprint density at radius 2 is 1.93 bits per heavy atom. The first-order valence-electron chi connectivity index (χ1n) is 5.21. The minimum absolute atomic E-state index is 0. The summed E-state index contributed by atoms with van der Waals surface area (Å²) in [4.78, 5) is 0. The van der Waals surface area contributed by atoms with Crippen molar-refractivity contribution < 1.29 is 0 Å². The third-order valence-electron chi connectivity index (χ3n) is 2.76. The monoisotopic (exact) mass is 211 g/mol. The molecule has 78 valence electrons. The number of para-hydroxylation sites is 1. The molecule has 1 N–H and O–H groups in total. The molecule has 0 heterocycles. The van der Waals surface area contributed by atoms with Crippen molar-refractivity contribution in [3.63, 3.8) is 0 Å². The van der Waals surface area contributed by atoms with Gasteiger partial charge in [-0.25, -0.2) is 0 Å². The van der Waals surface area contributed by atoms with Crippen LogP contribution in [0.1, 0.15) is 26.2 Å². The van der Waals surface area contributed by atoms with Crippen molar-refractivity contribution in [1.29, 1.82) is 0 Å². The Bertz CT molecular complexity index is 256. The molecule has 14 heavy (non-hydrogen) atoms. The molecule has 1 saturated carbocycles. The Kier molecular flexibility index (Phi) is 4.27. The van der Waals surface area contributed by atoms with Gasteiger partial charge in [0, 0.05) is 11.7 Å². The van der Waals surface area contributed by atoms with E-state index in [2.05, 4.69) is 42.6 Å². The predicted octanol–water partition coefficient (Wildman–Crippen LogP) is 3.71. The van der Waals surface area contributed by atoms with E-state index >= 15 is 0 Å². The van der Waals surface area contributed by atoms with Crippen molar-refractivity contribution in [3.05, 3.63) is 30.3 Å². The highest BCUT2D eigenvalue weighted by Crippen LogP contribution is 2.35. The molecule has 0 amide bonds. The maximum Gasteiger partial charge on any atom is 0.0342 e. The first-order valence-corrected chi connectivity index (χ1v) is 5.21. The number of hydrogen-bond donors (Lipinski definition) is 1. The van der Waals surface area contributed by atoms with Gasteiger partial charge in [-0.2, -0.15) is 0 Å². The molecule has 0 aliphatic heterocycles. The van der Waals surface area contributed by atoms with Crippen LogP contribution >= 0.6 is 12.4 Å². The maximum absolute atomic E-state index is 3.59. The van der Waals surface area contributed by atoms with Crippen LogP contribution in [0, 0.1) is 5.92 Å². The fraction of sp³-hybridized carbons (Fsp3) is 0.500. The average Bonchev–Trinajstić information content (AvgIpc) is 2.99. The van der Waals surface area contributed by atoms with Crippen molar-refractivity contribution in [2.75, 3.05) is 5.32 Å². The van der Waals surface area contributed by atoms with Gasteiger partial charge >= 0.3 is 0 Å². The third kappa shape index (κ3) is 2.91. The van der Waals surface area contributed by atoms with E-state index in [1.165, 1.54) is 24.9 Å². The van der Waals surface area contributed by atoms with Gasteiger partial charge in [0.2, 0.25) is 0 Å². The smallest absolute Gasteiger partial charge is 0.0342 e. The molecule has 0 aromatic heterocycles. The number of anilines is 1. The summed E-state index contributed by atoms with van der Waals surface area (Å²) < 4.78 is 0. The Morgan fingerprint density at radius 3 is 2.43 bits per heavy atom. The van der Waals surface area contributed by atoms with Gasteiger partial charge in [0.25, 0.3) is 0 Å². The lowest BCUT2D eigenvalue weighted by molar-refractivity contribution is 0.616. The zero-order valence-corrected chi connectivity index (χ0v) is 9.39. The number of hydrogen-bond acceptors (Lipinski definition) is 1. The van der Waals surface area contributed by atoms with Gasteiger partial charge in [-0.3, -0.25) is 0 Å². The van der Waals surface area contributed by atoms with Crippen molar-refractivity contribution in [2.24, 2.45) is 5.92 Å². The van der Waals surface area contributed by atoms with Crippen molar-refractivity contribution in [1.82, 2.24) is 0 Å². The summed E-state index contributed by atoms with van der Waals surface area (Å²) >= 11 is 0. The quantitative estimate of drug-likeness (QED) is 0.801. The second-order valence-electron chi connectivity index (χ2n) is 3.86. The highest BCUT2D eigenvalue weighted by molar-refractivity contribution is 5.85. The van der Waals surface area contributed by atoms with E-state index < -0.39 is 0 Å². The Balaban J connectivity index is 0.000000980. The molecule has 2 heteroatoms. The number of nitrogens with one attached hydrogen (secondary N) is 1. The van der Waals surface area contributed by atoms with Crippen LogP contribution in [0.15, 0.2) is 30.3 Å². The molecule has 0 radical (unpaired) electrons. The average molecular weight is 212 g/mol. The fourth-order valence-electron chi connectivity index (χ4n) is 1.80. The molecule has 0 saturated heterocycles. The van der Waals surface area contributed by atoms with E-state index in [1.54, 1.807) is 0 Å². The van der Waals surface area contributed by atoms with Crippen LogP contribution in [0.25, 0.3) is 0 Å². The normalized spacial score (nSPS) is 16.9. The molecule has 1 unspecified atom stereocenters. The molecule has 0 spiro atoms. The molecular formula is C12H18ClN. The van der Waals surface area contributed by atoms with Crippen LogP contribution in [0.3, 0.4) is 0 Å². The predicted molar refractivity (Wildman–Crippen MR) is 64.1 cm³/mol. The molecule has 1 nitrogen and oxygen atoms in total. The number of halogens is 1. The van der Waals surface area contributed by atoms with Crippen LogP contribution in [0.2, 0.25) is 0 Å². The Hall–Kier alpha value is -0.690. The van der Waals surface area contributed by atoms with Crippen molar-refractivity contribution in [2.45, 2.75) is 32.2 Å². The topological polar surface area (TPSA) is 12.0 Å². The zero-order chi connectivity index (χ0) is 9.10. The molecule has 1 aromatic carbocycles. The van der Waals surface area contributed by atoms with Crippen LogP contribution in [0.4, 0.5) is 5.69 Å². The van der Waals surface area contributed by atoms with Gasteiger partial charge in [0.05, 0.1) is 0 Å². The summed E-state index contributed by atoms with van der Waals surface area (Å²) in [5, 5.41) is 3.59. The van der Waals surface area contributed by atoms with Gasteiger partial charge in [-0.1, -0.05) is 25.1 Å². The lowest BCUT2D eigenvalue weighted by Crippen LogP contribution is -2.20. The largest absolute Gasteiger partial charge is 0.382 e. The van der Waals surface area contributed by atoms with Crippen LogP contribution in [-0.4, -0.2) is 6.04 Å². The van der Waals surface area contributed by atoms with Crippen LogP contribution in [0.5, 0.6) is 0 Å². The number of benzene rings is 1. The summed E-state index contributed by atoms with van der Waals surface area (Å²) in [6, 6.07) is 11.2. The van der Waals surface area contributed by atoms with E-state index in [0.29, 0.717) is 6.04 Å². The van der Waals surface area contributed by atoms with Gasteiger partial charge in [0.1, 0.15) is 0 Å². The van der Waals surface area contributed by atoms with Crippen LogP contribution < -0.4 is 5.32 Å². The molecule has 1 fully saturated rings. The van der Waals surface area contributed by atoms with Gasteiger partial charge < -0.3 is 5.32 Å². The molecule has 1 aromatic rings.